The van der Waals surface area contributed by atoms with Crippen molar-refractivity contribution in [2.45, 2.75) is 58.1 Å². The normalized spacial score (nSPS) is 19.0. The molecule has 1 amide bonds. The summed E-state index contributed by atoms with van der Waals surface area (Å²) in [5.41, 5.74) is -0.476. The molecule has 1 aliphatic rings. The van der Waals surface area contributed by atoms with Crippen LogP contribution in [0.25, 0.3) is 0 Å². The second kappa shape index (κ2) is 18.3. The van der Waals surface area contributed by atoms with E-state index < -0.39 is 15.7 Å². The van der Waals surface area contributed by atoms with Crippen LogP contribution in [0, 0.1) is 5.92 Å². The first kappa shape index (κ1) is 32.0. The molecule has 0 radical (unpaired) electrons. The number of ether oxygens (including phenoxy) is 6. The molecule has 0 aliphatic heterocycles. The minimum Gasteiger partial charge on any atom is -0.444 e. The van der Waals surface area contributed by atoms with Gasteiger partial charge in [-0.3, -0.25) is 4.18 Å². The molecular weight excluding hydrogens is 482 g/mol. The molecule has 0 saturated heterocycles. The summed E-state index contributed by atoms with van der Waals surface area (Å²) < 4.78 is 58.6. The van der Waals surface area contributed by atoms with Crippen LogP contribution in [0.5, 0.6) is 0 Å². The molecule has 208 valence electrons. The van der Waals surface area contributed by atoms with Gasteiger partial charge < -0.3 is 33.7 Å². The predicted octanol–water partition coefficient (Wildman–Crippen LogP) is 2.13. The maximum absolute atomic E-state index is 11.9. The highest BCUT2D eigenvalue weighted by Gasteiger charge is 2.24. The molecule has 0 aromatic carbocycles. The fourth-order valence-corrected chi connectivity index (χ4v) is 3.69. The number of nitrogens with one attached hydrogen (secondary N) is 1. The first-order chi connectivity index (χ1) is 16.6. The molecule has 1 aliphatic carbocycles. The summed E-state index contributed by atoms with van der Waals surface area (Å²) in [6.07, 6.45) is 4.60. The van der Waals surface area contributed by atoms with Gasteiger partial charge in [-0.05, 0) is 52.4 Å². The third kappa shape index (κ3) is 20.8. The Morgan fingerprint density at radius 1 is 0.743 bits per heavy atom. The second-order valence-corrected chi connectivity index (χ2v) is 11.1. The highest BCUT2D eigenvalue weighted by atomic mass is 32.2. The quantitative estimate of drug-likeness (QED) is 0.197. The lowest BCUT2D eigenvalue weighted by Gasteiger charge is -2.30. The van der Waals surface area contributed by atoms with Crippen LogP contribution in [-0.2, 0) is 42.7 Å². The molecule has 1 saturated carbocycles. The topological polar surface area (TPSA) is 128 Å². The second-order valence-electron chi connectivity index (χ2n) is 9.41. The van der Waals surface area contributed by atoms with Gasteiger partial charge in [0.1, 0.15) is 5.60 Å². The molecule has 0 heterocycles. The molecule has 1 N–H and O–H groups in total. The van der Waals surface area contributed by atoms with Gasteiger partial charge in [-0.1, -0.05) is 0 Å². The third-order valence-corrected chi connectivity index (χ3v) is 5.53. The molecule has 0 unspecified atom stereocenters. The molecular formula is C23H45NO10S. The van der Waals surface area contributed by atoms with Gasteiger partial charge in [0.15, 0.2) is 0 Å². The zero-order valence-corrected chi connectivity index (χ0v) is 22.6. The van der Waals surface area contributed by atoms with Gasteiger partial charge in [0.2, 0.25) is 0 Å². The van der Waals surface area contributed by atoms with Gasteiger partial charge in [0.05, 0.1) is 72.3 Å². The number of hydrogen-bond donors (Lipinski definition) is 1. The van der Waals surface area contributed by atoms with Crippen molar-refractivity contribution in [1.82, 2.24) is 5.32 Å². The van der Waals surface area contributed by atoms with Crippen LogP contribution < -0.4 is 5.32 Å². The lowest BCUT2D eigenvalue weighted by atomic mass is 9.86. The Labute approximate surface area is 210 Å². The fraction of sp³-hybridized carbons (Fsp3) is 0.957. The van der Waals surface area contributed by atoms with Crippen LogP contribution in [0.15, 0.2) is 0 Å². The Bertz CT molecular complexity index is 645. The fourth-order valence-electron chi connectivity index (χ4n) is 3.32. The molecule has 35 heavy (non-hydrogen) atoms. The van der Waals surface area contributed by atoms with Crippen molar-refractivity contribution < 1.29 is 45.8 Å². The largest absolute Gasteiger partial charge is 0.444 e. The standard InChI is InChI=1S/C23H45NO10S/c1-23(2,3)34-22(25)24-21-7-5-20(6-8-21)19-32-16-15-30-12-11-28-9-10-29-13-14-31-17-18-33-35(4,26)27/h20-21H,5-19H2,1-4H3,(H,24,25). The van der Waals surface area contributed by atoms with Crippen LogP contribution in [0.1, 0.15) is 46.5 Å². The minimum absolute atomic E-state index is 0.00306. The molecule has 0 atom stereocenters. The predicted molar refractivity (Wildman–Crippen MR) is 130 cm³/mol. The maximum atomic E-state index is 11.9. The molecule has 0 bridgehead atoms. The van der Waals surface area contributed by atoms with E-state index in [9.17, 15) is 13.2 Å². The lowest BCUT2D eigenvalue weighted by Crippen LogP contribution is -2.41. The summed E-state index contributed by atoms with van der Waals surface area (Å²) >= 11 is 0. The number of rotatable bonds is 19. The summed E-state index contributed by atoms with van der Waals surface area (Å²) in [4.78, 5) is 11.9. The summed E-state index contributed by atoms with van der Waals surface area (Å²) in [7, 11) is -3.42. The number of alkyl carbamates (subject to hydrolysis) is 1. The van der Waals surface area contributed by atoms with Crippen molar-refractivity contribution in [3.05, 3.63) is 0 Å². The van der Waals surface area contributed by atoms with Gasteiger partial charge in [0, 0.05) is 12.6 Å². The van der Waals surface area contributed by atoms with E-state index in [1.54, 1.807) is 0 Å². The minimum atomic E-state index is -3.42. The summed E-state index contributed by atoms with van der Waals surface area (Å²) in [5, 5.41) is 2.96. The van der Waals surface area contributed by atoms with Crippen molar-refractivity contribution in [2.24, 2.45) is 5.92 Å². The van der Waals surface area contributed by atoms with Gasteiger partial charge in [-0.2, -0.15) is 8.42 Å². The molecule has 0 aromatic heterocycles. The van der Waals surface area contributed by atoms with E-state index in [2.05, 4.69) is 9.50 Å². The van der Waals surface area contributed by atoms with Crippen LogP contribution in [0.4, 0.5) is 4.79 Å². The number of hydrogen-bond acceptors (Lipinski definition) is 10. The van der Waals surface area contributed by atoms with E-state index in [0.717, 1.165) is 31.9 Å². The van der Waals surface area contributed by atoms with Crippen LogP contribution in [-0.4, -0.2) is 105 Å². The van der Waals surface area contributed by atoms with E-state index in [0.29, 0.717) is 65.4 Å². The van der Waals surface area contributed by atoms with Crippen LogP contribution in [0.2, 0.25) is 0 Å². The van der Waals surface area contributed by atoms with Crippen molar-refractivity contribution in [2.75, 3.05) is 78.9 Å². The van der Waals surface area contributed by atoms with Gasteiger partial charge in [0.25, 0.3) is 10.1 Å². The highest BCUT2D eigenvalue weighted by molar-refractivity contribution is 7.85. The number of carbonyl (C=O) groups is 1. The van der Waals surface area contributed by atoms with Crippen molar-refractivity contribution in [3.63, 3.8) is 0 Å². The van der Waals surface area contributed by atoms with Crippen molar-refractivity contribution in [1.29, 1.82) is 0 Å². The van der Waals surface area contributed by atoms with Gasteiger partial charge >= 0.3 is 6.09 Å². The molecule has 11 nitrogen and oxygen atoms in total. The highest BCUT2D eigenvalue weighted by Crippen LogP contribution is 2.24. The molecule has 1 fully saturated rings. The first-order valence-electron chi connectivity index (χ1n) is 12.3. The zero-order chi connectivity index (χ0) is 26.0. The Hall–Kier alpha value is -1.02. The van der Waals surface area contributed by atoms with Crippen LogP contribution >= 0.6 is 0 Å². The van der Waals surface area contributed by atoms with Crippen molar-refractivity contribution in [3.8, 4) is 0 Å². The summed E-state index contributed by atoms with van der Waals surface area (Å²) in [6, 6.07) is 0.178. The first-order valence-corrected chi connectivity index (χ1v) is 14.1. The average molecular weight is 528 g/mol. The molecule has 0 aromatic rings. The van der Waals surface area contributed by atoms with E-state index in [1.165, 1.54) is 0 Å². The van der Waals surface area contributed by atoms with E-state index in [-0.39, 0.29) is 25.3 Å². The van der Waals surface area contributed by atoms with Gasteiger partial charge in [-0.15, -0.1) is 0 Å². The summed E-state index contributed by atoms with van der Waals surface area (Å²) in [6.45, 7) is 10.2. The molecule has 0 spiro atoms. The zero-order valence-electron chi connectivity index (χ0n) is 21.8. The molecule has 1 rings (SSSR count). The monoisotopic (exact) mass is 527 g/mol. The molecule has 12 heteroatoms. The maximum Gasteiger partial charge on any atom is 0.407 e. The third-order valence-electron chi connectivity index (χ3n) is 4.93. The van der Waals surface area contributed by atoms with Gasteiger partial charge in [-0.25, -0.2) is 4.79 Å². The SMILES string of the molecule is CC(C)(C)OC(=O)NC1CCC(COCCOCCOCCOCCOCCOS(C)(=O)=O)CC1. The van der Waals surface area contributed by atoms with Crippen molar-refractivity contribution >= 4 is 16.2 Å². The Morgan fingerprint density at radius 2 is 1.17 bits per heavy atom. The van der Waals surface area contributed by atoms with E-state index >= 15 is 0 Å². The Balaban J connectivity index is 1.81. The smallest absolute Gasteiger partial charge is 0.407 e. The summed E-state index contributed by atoms with van der Waals surface area (Å²) in [5.74, 6) is 0.515. The number of carbonyl (C=O) groups excluding carboxylic acids is 1. The Morgan fingerprint density at radius 3 is 1.60 bits per heavy atom. The van der Waals surface area contributed by atoms with Crippen LogP contribution in [0.3, 0.4) is 0 Å². The van der Waals surface area contributed by atoms with E-state index in [1.807, 2.05) is 20.8 Å². The lowest BCUT2D eigenvalue weighted by molar-refractivity contribution is -0.0161. The average Bonchev–Trinajstić information content (AvgIpc) is 2.75. The Kier molecular flexibility index (Phi) is 16.7. The van der Waals surface area contributed by atoms with E-state index in [4.69, 9.17) is 28.4 Å². The number of amides is 1.